The third kappa shape index (κ3) is 4.39. The number of carbonyl (C=O) groups excluding carboxylic acids is 1. The molecule has 5 nitrogen and oxygen atoms in total. The Kier molecular flexibility index (Phi) is 5.85. The van der Waals surface area contributed by atoms with Gasteiger partial charge in [-0.05, 0) is 25.1 Å². The highest BCUT2D eigenvalue weighted by Gasteiger charge is 2.13. The molecule has 0 unspecified atom stereocenters. The van der Waals surface area contributed by atoms with Gasteiger partial charge in [-0.1, -0.05) is 29.8 Å². The maximum Gasteiger partial charge on any atom is 0.248 e. The Morgan fingerprint density at radius 1 is 1.23 bits per heavy atom. The van der Waals surface area contributed by atoms with E-state index in [9.17, 15) is 4.79 Å². The summed E-state index contributed by atoms with van der Waals surface area (Å²) in [5, 5.41) is 0.877. The number of likely N-dealkylation sites (N-methyl/N-ethyl adjacent to an activating group) is 1. The Morgan fingerprint density at radius 2 is 2.04 bits per heavy atom. The summed E-state index contributed by atoms with van der Waals surface area (Å²) in [7, 11) is 3.41. The molecule has 3 rings (SSSR count). The van der Waals surface area contributed by atoms with Gasteiger partial charge in [-0.3, -0.25) is 4.79 Å². The Labute approximate surface area is 157 Å². The first-order chi connectivity index (χ1) is 12.6. The number of aryl methyl sites for hydroxylation is 1. The lowest BCUT2D eigenvalue weighted by molar-refractivity contribution is -0.135. The van der Waals surface area contributed by atoms with Crippen molar-refractivity contribution in [3.63, 3.8) is 0 Å². The number of hydrogen-bond donors (Lipinski definition) is 0. The van der Waals surface area contributed by atoms with Crippen molar-refractivity contribution in [2.75, 3.05) is 20.8 Å². The first-order valence-electron chi connectivity index (χ1n) is 8.36. The number of methoxy groups -OCH3 is 1. The molecule has 1 amide bonds. The van der Waals surface area contributed by atoms with E-state index in [-0.39, 0.29) is 12.5 Å². The molecule has 1 heterocycles. The molecule has 0 spiro atoms. The van der Waals surface area contributed by atoms with Crippen molar-refractivity contribution in [3.05, 3.63) is 58.6 Å². The molecule has 6 heteroatoms. The fraction of sp³-hybridized carbons (Fsp3) is 0.300. The molecule has 1 aromatic heterocycles. The van der Waals surface area contributed by atoms with Gasteiger partial charge < -0.3 is 14.4 Å². The third-order valence-corrected chi connectivity index (χ3v) is 5.07. The Bertz CT molecular complexity index is 874. The van der Waals surface area contributed by atoms with Crippen LogP contribution in [0.3, 0.4) is 0 Å². The number of fused-ring (bicyclic) bond motifs is 1. The molecule has 26 heavy (non-hydrogen) atoms. The average molecular weight is 370 g/mol. The summed E-state index contributed by atoms with van der Waals surface area (Å²) in [6, 6.07) is 13.9. The SMILES string of the molecule is COc1ccc(C)cc1CN(C)C(=O)COCc1nc2ccccc2s1. The third-order valence-electron chi connectivity index (χ3n) is 4.06. The average Bonchev–Trinajstić information content (AvgIpc) is 3.04. The summed E-state index contributed by atoms with van der Waals surface area (Å²) in [4.78, 5) is 18.5. The van der Waals surface area contributed by atoms with Gasteiger partial charge in [0.05, 0.1) is 23.9 Å². The first kappa shape index (κ1) is 18.4. The van der Waals surface area contributed by atoms with Crippen LogP contribution in [-0.4, -0.2) is 36.6 Å². The second-order valence-corrected chi connectivity index (χ2v) is 7.25. The van der Waals surface area contributed by atoms with Crippen LogP contribution in [0.2, 0.25) is 0 Å². The normalized spacial score (nSPS) is 10.9. The predicted octanol–water partition coefficient (Wildman–Crippen LogP) is 3.79. The summed E-state index contributed by atoms with van der Waals surface area (Å²) in [6.07, 6.45) is 0. The van der Waals surface area contributed by atoms with Gasteiger partial charge in [-0.15, -0.1) is 11.3 Å². The number of benzene rings is 2. The minimum Gasteiger partial charge on any atom is -0.496 e. The zero-order chi connectivity index (χ0) is 18.5. The highest BCUT2D eigenvalue weighted by molar-refractivity contribution is 7.18. The van der Waals surface area contributed by atoms with E-state index in [1.165, 1.54) is 0 Å². The molecular formula is C20H22N2O3S. The van der Waals surface area contributed by atoms with E-state index in [0.29, 0.717) is 13.2 Å². The number of rotatable bonds is 7. The number of nitrogens with zero attached hydrogens (tertiary/aromatic N) is 2. The van der Waals surface area contributed by atoms with Gasteiger partial charge in [-0.2, -0.15) is 0 Å². The number of hydrogen-bond acceptors (Lipinski definition) is 5. The molecule has 0 aliphatic carbocycles. The second-order valence-electron chi connectivity index (χ2n) is 6.13. The molecule has 0 saturated heterocycles. The van der Waals surface area contributed by atoms with E-state index in [1.54, 1.807) is 30.4 Å². The van der Waals surface area contributed by atoms with Crippen molar-refractivity contribution in [2.24, 2.45) is 0 Å². The second kappa shape index (κ2) is 8.29. The molecule has 136 valence electrons. The summed E-state index contributed by atoms with van der Waals surface area (Å²) in [6.45, 7) is 2.87. The number of amides is 1. The van der Waals surface area contributed by atoms with Crippen LogP contribution < -0.4 is 4.74 Å². The lowest BCUT2D eigenvalue weighted by Crippen LogP contribution is -2.30. The molecule has 0 atom stereocenters. The van der Waals surface area contributed by atoms with E-state index >= 15 is 0 Å². The molecule has 0 N–H and O–H groups in total. The van der Waals surface area contributed by atoms with Crippen LogP contribution in [0.5, 0.6) is 5.75 Å². The number of thiazole rings is 1. The highest BCUT2D eigenvalue weighted by atomic mass is 32.1. The van der Waals surface area contributed by atoms with Crippen LogP contribution >= 0.6 is 11.3 Å². The molecule has 3 aromatic rings. The molecule has 0 bridgehead atoms. The quantitative estimate of drug-likeness (QED) is 0.635. The fourth-order valence-corrected chi connectivity index (χ4v) is 3.60. The number of carbonyl (C=O) groups is 1. The van der Waals surface area contributed by atoms with E-state index in [4.69, 9.17) is 9.47 Å². The number of aromatic nitrogens is 1. The van der Waals surface area contributed by atoms with Crippen molar-refractivity contribution < 1.29 is 14.3 Å². The minimum atomic E-state index is -0.0744. The fourth-order valence-electron chi connectivity index (χ4n) is 2.69. The van der Waals surface area contributed by atoms with Crippen LogP contribution in [0, 0.1) is 6.92 Å². The zero-order valence-corrected chi connectivity index (χ0v) is 16.0. The molecule has 0 aliphatic rings. The van der Waals surface area contributed by atoms with Crippen LogP contribution in [0.25, 0.3) is 10.2 Å². The van der Waals surface area contributed by atoms with Crippen LogP contribution in [-0.2, 0) is 22.7 Å². The minimum absolute atomic E-state index is 0.0283. The first-order valence-corrected chi connectivity index (χ1v) is 9.18. The van der Waals surface area contributed by atoms with Crippen molar-refractivity contribution >= 4 is 27.5 Å². The van der Waals surface area contributed by atoms with Gasteiger partial charge >= 0.3 is 0 Å². The Balaban J connectivity index is 1.53. The number of para-hydroxylation sites is 1. The predicted molar refractivity (Wildman–Crippen MR) is 103 cm³/mol. The van der Waals surface area contributed by atoms with Gasteiger partial charge in [0.15, 0.2) is 0 Å². The lowest BCUT2D eigenvalue weighted by atomic mass is 10.1. The van der Waals surface area contributed by atoms with Crippen LogP contribution in [0.4, 0.5) is 0 Å². The van der Waals surface area contributed by atoms with E-state index in [1.807, 2.05) is 49.4 Å². The molecule has 0 aliphatic heterocycles. The van der Waals surface area contributed by atoms with Crippen molar-refractivity contribution in [2.45, 2.75) is 20.1 Å². The van der Waals surface area contributed by atoms with Crippen molar-refractivity contribution in [1.82, 2.24) is 9.88 Å². The Morgan fingerprint density at radius 3 is 2.81 bits per heavy atom. The monoisotopic (exact) mass is 370 g/mol. The van der Waals surface area contributed by atoms with Crippen molar-refractivity contribution in [1.29, 1.82) is 0 Å². The molecule has 0 radical (unpaired) electrons. The van der Waals surface area contributed by atoms with Crippen LogP contribution in [0.1, 0.15) is 16.1 Å². The smallest absolute Gasteiger partial charge is 0.248 e. The van der Waals surface area contributed by atoms with Gasteiger partial charge in [0, 0.05) is 19.2 Å². The largest absolute Gasteiger partial charge is 0.496 e. The number of ether oxygens (including phenoxy) is 2. The van der Waals surface area contributed by atoms with E-state index < -0.39 is 0 Å². The summed E-state index contributed by atoms with van der Waals surface area (Å²) in [5.41, 5.74) is 3.08. The van der Waals surface area contributed by atoms with Gasteiger partial charge in [0.1, 0.15) is 17.4 Å². The van der Waals surface area contributed by atoms with Crippen LogP contribution in [0.15, 0.2) is 42.5 Å². The van der Waals surface area contributed by atoms with E-state index in [0.717, 1.165) is 32.1 Å². The summed E-state index contributed by atoms with van der Waals surface area (Å²) < 4.78 is 12.1. The van der Waals surface area contributed by atoms with E-state index in [2.05, 4.69) is 4.98 Å². The van der Waals surface area contributed by atoms with Gasteiger partial charge in [0.2, 0.25) is 5.91 Å². The van der Waals surface area contributed by atoms with Gasteiger partial charge in [0.25, 0.3) is 0 Å². The van der Waals surface area contributed by atoms with Gasteiger partial charge in [-0.25, -0.2) is 4.98 Å². The highest BCUT2D eigenvalue weighted by Crippen LogP contribution is 2.22. The summed E-state index contributed by atoms with van der Waals surface area (Å²) in [5.74, 6) is 0.709. The molecule has 0 fully saturated rings. The Hall–Kier alpha value is -2.44. The maximum absolute atomic E-state index is 12.3. The zero-order valence-electron chi connectivity index (χ0n) is 15.2. The topological polar surface area (TPSA) is 51.7 Å². The molecule has 0 saturated carbocycles. The maximum atomic E-state index is 12.3. The van der Waals surface area contributed by atoms with Crippen molar-refractivity contribution in [3.8, 4) is 5.75 Å². The standard InChI is InChI=1S/C20H22N2O3S/c1-14-8-9-17(24-3)15(10-14)11-22(2)20(23)13-25-12-19-21-16-6-4-5-7-18(16)26-19/h4-10H,11-13H2,1-3H3. The molecular weight excluding hydrogens is 348 g/mol. The lowest BCUT2D eigenvalue weighted by Gasteiger charge is -2.19. The summed E-state index contributed by atoms with van der Waals surface area (Å²) >= 11 is 1.59. The molecule has 2 aromatic carbocycles.